The van der Waals surface area contributed by atoms with Crippen LogP contribution in [0.2, 0.25) is 0 Å². The molecule has 0 aromatic carbocycles. The van der Waals surface area contributed by atoms with Gasteiger partial charge in [-0.1, -0.05) is 97.8 Å². The third-order valence-corrected chi connectivity index (χ3v) is 11.8. The maximum absolute atomic E-state index is 10.4. The molecule has 0 saturated carbocycles. The van der Waals surface area contributed by atoms with Crippen molar-refractivity contribution in [3.63, 3.8) is 0 Å². The summed E-state index contributed by atoms with van der Waals surface area (Å²) in [6, 6.07) is 0. The fraction of sp³-hybridized carbons (Fsp3) is 1.00. The fourth-order valence-corrected chi connectivity index (χ4v) is 9.71. The average molecular weight is 446 g/mol. The second-order valence-corrected chi connectivity index (χ2v) is 14.2. The Kier molecular flexibility index (Phi) is 22.8. The Balaban J connectivity index is 4.70. The van der Waals surface area contributed by atoms with Gasteiger partial charge in [-0.3, -0.25) is 0 Å². The Morgan fingerprint density at radius 2 is 0.800 bits per heavy atom. The predicted octanol–water partition coefficient (Wildman–Crippen LogP) is 8.44. The lowest BCUT2D eigenvalue weighted by atomic mass is 10.1. The van der Waals surface area contributed by atoms with E-state index >= 15 is 0 Å². The molecule has 0 rings (SSSR count). The number of hydrogen-bond donors (Lipinski definition) is 2. The molecule has 182 valence electrons. The van der Waals surface area contributed by atoms with Crippen LogP contribution in [0.1, 0.15) is 136 Å². The molecule has 1 atom stereocenters. The van der Waals surface area contributed by atoms with Crippen molar-refractivity contribution in [2.75, 3.05) is 31.3 Å². The SMILES string of the molecule is CCCCCCCC[P+](CCCCCCCC)(CCCCCCCC)CC(O)CO. The molecule has 3 heteroatoms. The van der Waals surface area contributed by atoms with Gasteiger partial charge in [-0.25, -0.2) is 0 Å². The predicted molar refractivity (Wildman–Crippen MR) is 140 cm³/mol. The molecule has 0 heterocycles. The van der Waals surface area contributed by atoms with Crippen LogP contribution in [0.5, 0.6) is 0 Å². The summed E-state index contributed by atoms with van der Waals surface area (Å²) in [7, 11) is -1.15. The van der Waals surface area contributed by atoms with Gasteiger partial charge in [0.15, 0.2) is 0 Å². The highest BCUT2D eigenvalue weighted by molar-refractivity contribution is 7.75. The highest BCUT2D eigenvalue weighted by atomic mass is 31.2. The van der Waals surface area contributed by atoms with Crippen LogP contribution in [-0.2, 0) is 0 Å². The van der Waals surface area contributed by atoms with E-state index in [1.807, 2.05) is 0 Å². The van der Waals surface area contributed by atoms with E-state index in [0.717, 1.165) is 6.16 Å². The summed E-state index contributed by atoms with van der Waals surface area (Å²) in [5, 5.41) is 20.0. The molecule has 2 N–H and O–H groups in total. The highest BCUT2D eigenvalue weighted by Crippen LogP contribution is 2.61. The first-order chi connectivity index (χ1) is 14.6. The van der Waals surface area contributed by atoms with E-state index in [1.54, 1.807) is 0 Å². The van der Waals surface area contributed by atoms with Crippen LogP contribution in [-0.4, -0.2) is 47.6 Å². The topological polar surface area (TPSA) is 40.5 Å². The maximum Gasteiger partial charge on any atom is 0.110 e. The van der Waals surface area contributed by atoms with Gasteiger partial charge in [0.05, 0.1) is 31.3 Å². The van der Waals surface area contributed by atoms with Crippen molar-refractivity contribution in [1.82, 2.24) is 0 Å². The van der Waals surface area contributed by atoms with E-state index in [2.05, 4.69) is 20.8 Å². The van der Waals surface area contributed by atoms with Crippen LogP contribution in [0.15, 0.2) is 0 Å². The number of unbranched alkanes of at least 4 members (excludes halogenated alkanes) is 15. The molecule has 0 aromatic heterocycles. The highest BCUT2D eigenvalue weighted by Gasteiger charge is 2.37. The summed E-state index contributed by atoms with van der Waals surface area (Å²) in [6.45, 7) is 6.81. The van der Waals surface area contributed by atoms with E-state index in [0.29, 0.717) is 0 Å². The monoisotopic (exact) mass is 445 g/mol. The first kappa shape index (κ1) is 30.4. The summed E-state index contributed by atoms with van der Waals surface area (Å²) < 4.78 is 0. The van der Waals surface area contributed by atoms with Gasteiger partial charge < -0.3 is 10.2 Å². The molecule has 0 aliphatic carbocycles. The Hall–Kier alpha value is 0.350. The van der Waals surface area contributed by atoms with Gasteiger partial charge in [0, 0.05) is 7.26 Å². The maximum atomic E-state index is 10.4. The molecule has 0 radical (unpaired) electrons. The lowest BCUT2D eigenvalue weighted by molar-refractivity contribution is 0.112. The summed E-state index contributed by atoms with van der Waals surface area (Å²) in [6.07, 6.45) is 29.0. The van der Waals surface area contributed by atoms with Crippen molar-refractivity contribution >= 4 is 7.26 Å². The fourth-order valence-electron chi connectivity index (χ4n) is 4.80. The Morgan fingerprint density at radius 3 is 1.10 bits per heavy atom. The minimum atomic E-state index is -1.15. The molecule has 0 aromatic rings. The van der Waals surface area contributed by atoms with Crippen molar-refractivity contribution in [3.8, 4) is 0 Å². The van der Waals surface area contributed by atoms with E-state index in [9.17, 15) is 10.2 Å². The first-order valence-electron chi connectivity index (χ1n) is 13.8. The van der Waals surface area contributed by atoms with E-state index < -0.39 is 13.4 Å². The number of rotatable bonds is 24. The van der Waals surface area contributed by atoms with Gasteiger partial charge in [0.25, 0.3) is 0 Å². The molecule has 30 heavy (non-hydrogen) atoms. The standard InChI is InChI=1S/C27H58O2P/c1-4-7-10-13-16-19-22-30(26-27(29)25-28,23-20-17-14-11-8-5-2)24-21-18-15-12-9-6-3/h27-29H,4-26H2,1-3H3/q+1. The van der Waals surface area contributed by atoms with Gasteiger partial charge in [-0.2, -0.15) is 0 Å². The van der Waals surface area contributed by atoms with E-state index in [1.165, 1.54) is 134 Å². The molecule has 0 aliphatic heterocycles. The number of aliphatic hydroxyl groups excluding tert-OH is 2. The van der Waals surface area contributed by atoms with Gasteiger partial charge in [-0.15, -0.1) is 0 Å². The third kappa shape index (κ3) is 18.0. The molecule has 0 spiro atoms. The Labute approximate surface area is 191 Å². The van der Waals surface area contributed by atoms with Gasteiger partial charge >= 0.3 is 0 Å². The minimum absolute atomic E-state index is 0.0503. The van der Waals surface area contributed by atoms with Crippen molar-refractivity contribution < 1.29 is 10.2 Å². The molecule has 1 unspecified atom stereocenters. The Bertz CT molecular complexity index is 294. The first-order valence-corrected chi connectivity index (χ1v) is 16.3. The van der Waals surface area contributed by atoms with Crippen LogP contribution in [0.4, 0.5) is 0 Å². The molecule has 0 aliphatic rings. The smallest absolute Gasteiger partial charge is 0.110 e. The van der Waals surface area contributed by atoms with Crippen LogP contribution < -0.4 is 0 Å². The van der Waals surface area contributed by atoms with Crippen LogP contribution in [0.25, 0.3) is 0 Å². The second kappa shape index (κ2) is 22.5. The second-order valence-electron chi connectivity index (χ2n) is 9.83. The zero-order valence-corrected chi connectivity index (χ0v) is 22.1. The van der Waals surface area contributed by atoms with Crippen LogP contribution in [0.3, 0.4) is 0 Å². The molecule has 0 saturated heterocycles. The zero-order chi connectivity index (χ0) is 22.3. The zero-order valence-electron chi connectivity index (χ0n) is 21.2. The number of aliphatic hydroxyl groups is 2. The lowest BCUT2D eigenvalue weighted by Crippen LogP contribution is -2.24. The van der Waals surface area contributed by atoms with E-state index in [4.69, 9.17) is 0 Å². The van der Waals surface area contributed by atoms with Crippen molar-refractivity contribution in [2.45, 2.75) is 142 Å². The molecular formula is C27H58O2P+. The van der Waals surface area contributed by atoms with Gasteiger partial charge in [-0.05, 0) is 38.5 Å². The molecule has 0 bridgehead atoms. The molecule has 2 nitrogen and oxygen atoms in total. The van der Waals surface area contributed by atoms with Gasteiger partial charge in [0.2, 0.25) is 0 Å². The average Bonchev–Trinajstić information content (AvgIpc) is 2.75. The normalized spacial score (nSPS) is 13.1. The lowest BCUT2D eigenvalue weighted by Gasteiger charge is -2.30. The summed E-state index contributed by atoms with van der Waals surface area (Å²) in [5.41, 5.74) is 0. The van der Waals surface area contributed by atoms with Crippen molar-refractivity contribution in [2.24, 2.45) is 0 Å². The Morgan fingerprint density at radius 1 is 0.500 bits per heavy atom. The van der Waals surface area contributed by atoms with Crippen molar-refractivity contribution in [3.05, 3.63) is 0 Å². The molecular weight excluding hydrogens is 387 g/mol. The van der Waals surface area contributed by atoms with Crippen molar-refractivity contribution in [1.29, 1.82) is 0 Å². The molecule has 0 amide bonds. The summed E-state index contributed by atoms with van der Waals surface area (Å²) in [4.78, 5) is 0. The molecule has 0 fully saturated rings. The van der Waals surface area contributed by atoms with Gasteiger partial charge in [0.1, 0.15) is 6.10 Å². The van der Waals surface area contributed by atoms with E-state index in [-0.39, 0.29) is 6.61 Å². The van der Waals surface area contributed by atoms with Crippen LogP contribution in [0, 0.1) is 0 Å². The number of hydrogen-bond acceptors (Lipinski definition) is 2. The summed E-state index contributed by atoms with van der Waals surface area (Å²) >= 11 is 0. The third-order valence-electron chi connectivity index (χ3n) is 6.77. The minimum Gasteiger partial charge on any atom is -0.394 e. The largest absolute Gasteiger partial charge is 0.394 e. The quantitative estimate of drug-likeness (QED) is 0.116. The van der Waals surface area contributed by atoms with Crippen LogP contribution >= 0.6 is 7.26 Å². The summed E-state index contributed by atoms with van der Waals surface area (Å²) in [5.74, 6) is 0.